The van der Waals surface area contributed by atoms with E-state index in [2.05, 4.69) is 36.3 Å². The van der Waals surface area contributed by atoms with E-state index in [0.29, 0.717) is 23.6 Å². The van der Waals surface area contributed by atoms with Crippen LogP contribution in [0.3, 0.4) is 0 Å². The number of nitrogens with zero attached hydrogens (tertiary/aromatic N) is 3. The van der Waals surface area contributed by atoms with Crippen molar-refractivity contribution < 1.29 is 14.3 Å². The van der Waals surface area contributed by atoms with Crippen LogP contribution in [0.5, 0.6) is 0 Å². The number of fused-ring (bicyclic) bond motifs is 1. The molecular weight excluding hydrogens is 452 g/mol. The van der Waals surface area contributed by atoms with Crippen LogP contribution in [0.15, 0.2) is 77.8 Å². The van der Waals surface area contributed by atoms with E-state index in [-0.39, 0.29) is 5.91 Å². The van der Waals surface area contributed by atoms with Gasteiger partial charge in [-0.15, -0.1) is 0 Å². The van der Waals surface area contributed by atoms with Crippen molar-refractivity contribution in [3.05, 3.63) is 89.5 Å². The summed E-state index contributed by atoms with van der Waals surface area (Å²) in [4.78, 5) is 34.7. The van der Waals surface area contributed by atoms with Gasteiger partial charge in [0.05, 0.1) is 23.6 Å². The molecule has 1 aliphatic heterocycles. The summed E-state index contributed by atoms with van der Waals surface area (Å²) < 4.78 is 5.11. The van der Waals surface area contributed by atoms with Gasteiger partial charge >= 0.3 is 5.97 Å². The third kappa shape index (κ3) is 5.63. The maximum atomic E-state index is 13.2. The first-order valence-electron chi connectivity index (χ1n) is 12.1. The van der Waals surface area contributed by atoms with Crippen molar-refractivity contribution in [3.8, 4) is 0 Å². The fraction of sp³-hybridized carbons (Fsp3) is 0.276. The van der Waals surface area contributed by atoms with Crippen molar-refractivity contribution in [1.82, 2.24) is 4.90 Å². The van der Waals surface area contributed by atoms with E-state index >= 15 is 0 Å². The van der Waals surface area contributed by atoms with E-state index in [4.69, 9.17) is 9.73 Å². The molecule has 0 aliphatic carbocycles. The Bertz CT molecular complexity index is 1250. The van der Waals surface area contributed by atoms with Crippen LogP contribution >= 0.6 is 0 Å². The minimum Gasteiger partial charge on any atom is -0.462 e. The zero-order chi connectivity index (χ0) is 25.7. The number of likely N-dealkylation sites (N-methyl/N-ethyl adjacent to an activating group) is 2. The first-order valence-corrected chi connectivity index (χ1v) is 12.1. The Hall–Kier alpha value is -3.97. The van der Waals surface area contributed by atoms with Gasteiger partial charge in [-0.1, -0.05) is 36.4 Å². The van der Waals surface area contributed by atoms with Crippen LogP contribution in [0.25, 0.3) is 0 Å². The highest BCUT2D eigenvalue weighted by atomic mass is 16.5. The van der Waals surface area contributed by atoms with Crippen LogP contribution in [0.2, 0.25) is 0 Å². The molecule has 0 saturated carbocycles. The van der Waals surface area contributed by atoms with Gasteiger partial charge in [-0.25, -0.2) is 4.79 Å². The van der Waals surface area contributed by atoms with Crippen molar-refractivity contribution in [3.63, 3.8) is 0 Å². The number of esters is 1. The molecule has 0 bridgehead atoms. The Morgan fingerprint density at radius 2 is 1.67 bits per heavy atom. The largest absolute Gasteiger partial charge is 0.462 e. The SMILES string of the molecule is CCOC(=O)c1ccc2c(c1)NC(=O)C2C(=Nc1ccc(N(C)CCN(C)C)cc1)c1ccccc1. The number of carbonyl (C=O) groups is 2. The number of hydrogen-bond donors (Lipinski definition) is 1. The Morgan fingerprint density at radius 3 is 2.33 bits per heavy atom. The van der Waals surface area contributed by atoms with Gasteiger partial charge in [0.15, 0.2) is 0 Å². The van der Waals surface area contributed by atoms with Gasteiger partial charge in [0.2, 0.25) is 5.91 Å². The van der Waals surface area contributed by atoms with E-state index in [0.717, 1.165) is 35.6 Å². The van der Waals surface area contributed by atoms with Crippen molar-refractivity contribution >= 4 is 34.7 Å². The monoisotopic (exact) mass is 484 g/mol. The molecule has 1 heterocycles. The number of aliphatic imine (C=N–C) groups is 1. The molecule has 3 aromatic carbocycles. The van der Waals surface area contributed by atoms with Crippen LogP contribution in [0.1, 0.15) is 34.3 Å². The van der Waals surface area contributed by atoms with Crippen LogP contribution in [-0.4, -0.2) is 63.3 Å². The zero-order valence-corrected chi connectivity index (χ0v) is 21.2. The van der Waals surface area contributed by atoms with E-state index in [1.165, 1.54) is 0 Å². The number of amides is 1. The number of nitrogens with one attached hydrogen (secondary N) is 1. The standard InChI is InChI=1S/C29H32N4O3/c1-5-36-29(35)21-11-16-24-25(19-21)31-28(34)26(24)27(20-9-7-6-8-10-20)30-22-12-14-23(15-13-22)33(4)18-17-32(2)3/h6-16,19,26H,5,17-18H2,1-4H3,(H,31,34). The molecule has 3 aromatic rings. The minimum absolute atomic E-state index is 0.173. The number of benzene rings is 3. The topological polar surface area (TPSA) is 74.2 Å². The molecule has 0 spiro atoms. The summed E-state index contributed by atoms with van der Waals surface area (Å²) in [5, 5.41) is 2.93. The molecular formula is C29H32N4O3. The summed E-state index contributed by atoms with van der Waals surface area (Å²) in [6.45, 7) is 3.93. The number of rotatable bonds is 9. The number of hydrogen-bond acceptors (Lipinski definition) is 6. The third-order valence-corrected chi connectivity index (χ3v) is 6.16. The normalized spacial score (nSPS) is 15.0. The van der Waals surface area contributed by atoms with Crippen LogP contribution in [-0.2, 0) is 9.53 Å². The van der Waals surface area contributed by atoms with Crippen LogP contribution in [0.4, 0.5) is 17.1 Å². The average molecular weight is 485 g/mol. The smallest absolute Gasteiger partial charge is 0.338 e. The Kier molecular flexibility index (Phi) is 7.80. The molecule has 1 N–H and O–H groups in total. The lowest BCUT2D eigenvalue weighted by atomic mass is 9.90. The number of anilines is 2. The van der Waals surface area contributed by atoms with Crippen molar-refractivity contribution in [2.75, 3.05) is 51.1 Å². The highest BCUT2D eigenvalue weighted by Crippen LogP contribution is 2.37. The second kappa shape index (κ2) is 11.2. The van der Waals surface area contributed by atoms with Gasteiger partial charge < -0.3 is 19.9 Å². The van der Waals surface area contributed by atoms with Crippen molar-refractivity contribution in [2.24, 2.45) is 4.99 Å². The molecule has 1 atom stereocenters. The summed E-state index contributed by atoms with van der Waals surface area (Å²) >= 11 is 0. The minimum atomic E-state index is -0.596. The second-order valence-corrected chi connectivity index (χ2v) is 9.05. The lowest BCUT2D eigenvalue weighted by Gasteiger charge is -2.21. The quantitative estimate of drug-likeness (QED) is 0.352. The molecule has 36 heavy (non-hydrogen) atoms. The van der Waals surface area contributed by atoms with Gasteiger partial charge in [-0.2, -0.15) is 0 Å². The van der Waals surface area contributed by atoms with Crippen molar-refractivity contribution in [1.29, 1.82) is 0 Å². The molecule has 7 heteroatoms. The lowest BCUT2D eigenvalue weighted by Crippen LogP contribution is -2.28. The molecule has 0 saturated heterocycles. The fourth-order valence-corrected chi connectivity index (χ4v) is 4.18. The summed E-state index contributed by atoms with van der Waals surface area (Å²) in [5.41, 5.74) is 5.20. The highest BCUT2D eigenvalue weighted by Gasteiger charge is 2.36. The van der Waals surface area contributed by atoms with Gasteiger partial charge in [0.25, 0.3) is 0 Å². The molecule has 1 unspecified atom stereocenters. The Balaban J connectivity index is 1.68. The Labute approximate surface area is 212 Å². The van der Waals surface area contributed by atoms with Gasteiger partial charge in [-0.05, 0) is 68.5 Å². The van der Waals surface area contributed by atoms with Gasteiger partial charge in [0.1, 0.15) is 5.92 Å². The molecule has 186 valence electrons. The van der Waals surface area contributed by atoms with E-state index in [1.54, 1.807) is 19.1 Å². The number of carbonyl (C=O) groups excluding carboxylic acids is 2. The Morgan fingerprint density at radius 1 is 0.944 bits per heavy atom. The van der Waals surface area contributed by atoms with E-state index < -0.39 is 11.9 Å². The second-order valence-electron chi connectivity index (χ2n) is 9.05. The third-order valence-electron chi connectivity index (χ3n) is 6.16. The fourth-order valence-electron chi connectivity index (χ4n) is 4.18. The molecule has 1 aliphatic rings. The van der Waals surface area contributed by atoms with Crippen LogP contribution in [0, 0.1) is 0 Å². The summed E-state index contributed by atoms with van der Waals surface area (Å²) in [7, 11) is 6.19. The lowest BCUT2D eigenvalue weighted by molar-refractivity contribution is -0.115. The van der Waals surface area contributed by atoms with E-state index in [1.807, 2.05) is 60.7 Å². The van der Waals surface area contributed by atoms with Crippen molar-refractivity contribution in [2.45, 2.75) is 12.8 Å². The highest BCUT2D eigenvalue weighted by molar-refractivity contribution is 6.24. The summed E-state index contributed by atoms with van der Waals surface area (Å²) in [5.74, 6) is -1.18. The predicted molar refractivity (Wildman–Crippen MR) is 145 cm³/mol. The van der Waals surface area contributed by atoms with Gasteiger partial charge in [0, 0.05) is 31.5 Å². The zero-order valence-electron chi connectivity index (χ0n) is 21.2. The molecule has 0 aromatic heterocycles. The summed E-state index contributed by atoms with van der Waals surface area (Å²) in [6, 6.07) is 23.0. The first-order chi connectivity index (χ1) is 17.4. The maximum Gasteiger partial charge on any atom is 0.338 e. The average Bonchev–Trinajstić information content (AvgIpc) is 3.21. The molecule has 1 amide bonds. The number of ether oxygens (including phenoxy) is 1. The van der Waals surface area contributed by atoms with E-state index in [9.17, 15) is 9.59 Å². The first kappa shape index (κ1) is 25.1. The molecule has 0 radical (unpaired) electrons. The molecule has 0 fully saturated rings. The van der Waals surface area contributed by atoms with Gasteiger partial charge in [-0.3, -0.25) is 9.79 Å². The molecule has 4 rings (SSSR count). The maximum absolute atomic E-state index is 13.2. The predicted octanol–water partition coefficient (Wildman–Crippen LogP) is 4.72. The molecule has 7 nitrogen and oxygen atoms in total. The summed E-state index contributed by atoms with van der Waals surface area (Å²) in [6.07, 6.45) is 0. The van der Waals surface area contributed by atoms with Crippen LogP contribution < -0.4 is 10.2 Å².